The lowest BCUT2D eigenvalue weighted by atomic mass is 10.1. The van der Waals surface area contributed by atoms with Gasteiger partial charge < -0.3 is 15.0 Å². The van der Waals surface area contributed by atoms with Gasteiger partial charge in [-0.1, -0.05) is 24.3 Å². The molecule has 2 N–H and O–H groups in total. The molecule has 0 saturated heterocycles. The number of carbonyl (C=O) groups is 1. The Morgan fingerprint density at radius 1 is 1.23 bits per heavy atom. The Kier molecular flexibility index (Phi) is 3.78. The normalized spacial score (nSPS) is 10.6. The summed E-state index contributed by atoms with van der Waals surface area (Å²) in [6.07, 6.45) is 1.93. The molecule has 1 aromatic heterocycles. The van der Waals surface area contributed by atoms with Gasteiger partial charge in [-0.05, 0) is 23.8 Å². The third kappa shape index (κ3) is 2.65. The van der Waals surface area contributed by atoms with Crippen LogP contribution in [0.4, 0.5) is 10.1 Å². The molecule has 0 radical (unpaired) electrons. The van der Waals surface area contributed by atoms with Crippen molar-refractivity contribution in [2.75, 3.05) is 12.4 Å². The lowest BCUT2D eigenvalue weighted by Crippen LogP contribution is -2.15. The first-order chi connectivity index (χ1) is 10.7. The molecule has 0 aliphatic heterocycles. The van der Waals surface area contributed by atoms with Gasteiger partial charge in [0, 0.05) is 11.6 Å². The number of benzene rings is 2. The summed E-state index contributed by atoms with van der Waals surface area (Å²) >= 11 is 0. The van der Waals surface area contributed by atoms with E-state index in [0.29, 0.717) is 0 Å². The van der Waals surface area contributed by atoms with Gasteiger partial charge in [0.25, 0.3) is 0 Å². The van der Waals surface area contributed by atoms with E-state index in [1.54, 1.807) is 25.4 Å². The average molecular weight is 298 g/mol. The number of ether oxygens (including phenoxy) is 1. The zero-order valence-electron chi connectivity index (χ0n) is 12.0. The smallest absolute Gasteiger partial charge is 0.228 e. The van der Waals surface area contributed by atoms with E-state index in [0.717, 1.165) is 22.2 Å². The standard InChI is InChI=1S/C17H15FN2O2/c1-22-15-8-4-5-12-11(10-19-17(12)15)9-16(21)20-14-7-3-2-6-13(14)18/h2-8,10,19H,9H2,1H3,(H,20,21). The van der Waals surface area contributed by atoms with Crippen molar-refractivity contribution < 1.29 is 13.9 Å². The molecule has 0 fully saturated rings. The molecule has 0 saturated carbocycles. The highest BCUT2D eigenvalue weighted by molar-refractivity contribution is 5.97. The zero-order valence-corrected chi connectivity index (χ0v) is 12.0. The van der Waals surface area contributed by atoms with Crippen LogP contribution < -0.4 is 10.1 Å². The number of fused-ring (bicyclic) bond motifs is 1. The van der Waals surface area contributed by atoms with E-state index in [-0.39, 0.29) is 18.0 Å². The molecule has 3 rings (SSSR count). The average Bonchev–Trinajstić information content (AvgIpc) is 2.92. The number of methoxy groups -OCH3 is 1. The topological polar surface area (TPSA) is 54.1 Å². The summed E-state index contributed by atoms with van der Waals surface area (Å²) in [4.78, 5) is 15.2. The Hall–Kier alpha value is -2.82. The van der Waals surface area contributed by atoms with Gasteiger partial charge >= 0.3 is 0 Å². The van der Waals surface area contributed by atoms with Crippen molar-refractivity contribution in [3.05, 3.63) is 60.0 Å². The molecule has 2 aromatic carbocycles. The van der Waals surface area contributed by atoms with Crippen LogP contribution in [0.5, 0.6) is 5.75 Å². The summed E-state index contributed by atoms with van der Waals surface area (Å²) in [5, 5.41) is 3.50. The highest BCUT2D eigenvalue weighted by atomic mass is 19.1. The van der Waals surface area contributed by atoms with Crippen molar-refractivity contribution in [2.24, 2.45) is 0 Å². The number of rotatable bonds is 4. The molecule has 0 bridgehead atoms. The summed E-state index contributed by atoms with van der Waals surface area (Å²) in [5.74, 6) is 0.00327. The van der Waals surface area contributed by atoms with Crippen LogP contribution in [-0.4, -0.2) is 18.0 Å². The zero-order chi connectivity index (χ0) is 15.5. The van der Waals surface area contributed by atoms with Crippen LogP contribution in [0.3, 0.4) is 0 Å². The maximum atomic E-state index is 13.5. The molecule has 1 amide bonds. The highest BCUT2D eigenvalue weighted by Crippen LogP contribution is 2.27. The van der Waals surface area contributed by atoms with Crippen LogP contribution in [-0.2, 0) is 11.2 Å². The third-order valence-electron chi connectivity index (χ3n) is 3.48. The van der Waals surface area contributed by atoms with Gasteiger partial charge in [0.15, 0.2) is 0 Å². The minimum Gasteiger partial charge on any atom is -0.495 e. The van der Waals surface area contributed by atoms with Crippen LogP contribution >= 0.6 is 0 Å². The van der Waals surface area contributed by atoms with Crippen LogP contribution in [0, 0.1) is 5.82 Å². The summed E-state index contributed by atoms with van der Waals surface area (Å²) in [6, 6.07) is 11.7. The lowest BCUT2D eigenvalue weighted by Gasteiger charge is -2.06. The predicted octanol–water partition coefficient (Wildman–Crippen LogP) is 3.50. The fourth-order valence-electron chi connectivity index (χ4n) is 2.43. The van der Waals surface area contributed by atoms with Gasteiger partial charge in [0.1, 0.15) is 11.6 Å². The van der Waals surface area contributed by atoms with Gasteiger partial charge in [0.05, 0.1) is 24.7 Å². The summed E-state index contributed by atoms with van der Waals surface area (Å²) < 4.78 is 18.8. The molecule has 4 nitrogen and oxygen atoms in total. The number of anilines is 1. The minimum absolute atomic E-state index is 0.154. The second kappa shape index (κ2) is 5.89. The number of aromatic nitrogens is 1. The summed E-state index contributed by atoms with van der Waals surface area (Å²) in [6.45, 7) is 0. The molecule has 112 valence electrons. The Bertz CT molecular complexity index is 826. The quantitative estimate of drug-likeness (QED) is 0.774. The van der Waals surface area contributed by atoms with Crippen molar-refractivity contribution in [1.29, 1.82) is 0 Å². The van der Waals surface area contributed by atoms with E-state index in [9.17, 15) is 9.18 Å². The van der Waals surface area contributed by atoms with Crippen molar-refractivity contribution >= 4 is 22.5 Å². The van der Waals surface area contributed by atoms with Crippen LogP contribution in [0.2, 0.25) is 0 Å². The molecule has 0 atom stereocenters. The number of carbonyl (C=O) groups excluding carboxylic acids is 1. The molecule has 0 spiro atoms. The predicted molar refractivity (Wildman–Crippen MR) is 83.6 cm³/mol. The maximum absolute atomic E-state index is 13.5. The lowest BCUT2D eigenvalue weighted by molar-refractivity contribution is -0.115. The number of amides is 1. The van der Waals surface area contributed by atoms with E-state index in [1.807, 2.05) is 18.2 Å². The SMILES string of the molecule is COc1cccc2c(CC(=O)Nc3ccccc3F)c[nH]c12. The van der Waals surface area contributed by atoms with Gasteiger partial charge in [-0.15, -0.1) is 0 Å². The van der Waals surface area contributed by atoms with Gasteiger partial charge in [-0.3, -0.25) is 4.79 Å². The van der Waals surface area contributed by atoms with Crippen molar-refractivity contribution in [2.45, 2.75) is 6.42 Å². The van der Waals surface area contributed by atoms with Crippen LogP contribution in [0.15, 0.2) is 48.7 Å². The first-order valence-electron chi connectivity index (χ1n) is 6.86. The molecule has 1 heterocycles. The molecule has 3 aromatic rings. The van der Waals surface area contributed by atoms with Crippen LogP contribution in [0.25, 0.3) is 10.9 Å². The number of hydrogen-bond acceptors (Lipinski definition) is 2. The molecule has 0 aliphatic rings. The Morgan fingerprint density at radius 3 is 2.82 bits per heavy atom. The third-order valence-corrected chi connectivity index (χ3v) is 3.48. The first-order valence-corrected chi connectivity index (χ1v) is 6.86. The fraction of sp³-hybridized carbons (Fsp3) is 0.118. The van der Waals surface area contributed by atoms with Crippen molar-refractivity contribution in [1.82, 2.24) is 4.98 Å². The number of halogens is 1. The monoisotopic (exact) mass is 298 g/mol. The van der Waals surface area contributed by atoms with E-state index in [2.05, 4.69) is 10.3 Å². The largest absolute Gasteiger partial charge is 0.495 e. The van der Waals surface area contributed by atoms with Gasteiger partial charge in [-0.25, -0.2) is 4.39 Å². The molecule has 5 heteroatoms. The number of para-hydroxylation sites is 2. The molecule has 22 heavy (non-hydrogen) atoms. The van der Waals surface area contributed by atoms with E-state index in [4.69, 9.17) is 4.74 Å². The molecular weight excluding hydrogens is 283 g/mol. The molecule has 0 aliphatic carbocycles. The highest BCUT2D eigenvalue weighted by Gasteiger charge is 2.12. The number of nitrogens with one attached hydrogen (secondary N) is 2. The molecule has 0 unspecified atom stereocenters. The van der Waals surface area contributed by atoms with E-state index >= 15 is 0 Å². The minimum atomic E-state index is -0.448. The number of aromatic amines is 1. The molecular formula is C17H15FN2O2. The maximum Gasteiger partial charge on any atom is 0.228 e. The Balaban J connectivity index is 1.82. The van der Waals surface area contributed by atoms with Gasteiger partial charge in [0.2, 0.25) is 5.91 Å². The number of hydrogen-bond donors (Lipinski definition) is 2. The van der Waals surface area contributed by atoms with Crippen molar-refractivity contribution in [3.8, 4) is 5.75 Å². The first kappa shape index (κ1) is 14.1. The summed E-state index contributed by atoms with van der Waals surface area (Å²) in [5.41, 5.74) is 1.87. The van der Waals surface area contributed by atoms with Gasteiger partial charge in [-0.2, -0.15) is 0 Å². The second-order valence-corrected chi connectivity index (χ2v) is 4.90. The Labute approximate surface area is 126 Å². The van der Waals surface area contributed by atoms with Crippen LogP contribution in [0.1, 0.15) is 5.56 Å². The summed E-state index contributed by atoms with van der Waals surface area (Å²) in [7, 11) is 1.60. The van der Waals surface area contributed by atoms with E-state index < -0.39 is 5.82 Å². The number of H-pyrrole nitrogens is 1. The van der Waals surface area contributed by atoms with Crippen molar-refractivity contribution in [3.63, 3.8) is 0 Å². The van der Waals surface area contributed by atoms with E-state index in [1.165, 1.54) is 12.1 Å². The Morgan fingerprint density at radius 2 is 2.05 bits per heavy atom. The fourth-order valence-corrected chi connectivity index (χ4v) is 2.43. The second-order valence-electron chi connectivity index (χ2n) is 4.90.